The van der Waals surface area contributed by atoms with Crippen molar-refractivity contribution in [3.8, 4) is 0 Å². The van der Waals surface area contributed by atoms with Gasteiger partial charge in [0.1, 0.15) is 0 Å². The maximum atomic E-state index is 12.0. The smallest absolute Gasteiger partial charge is 0.309 e. The van der Waals surface area contributed by atoms with Gasteiger partial charge in [0.25, 0.3) is 0 Å². The summed E-state index contributed by atoms with van der Waals surface area (Å²) in [5, 5.41) is 10.3. The first-order valence-corrected chi connectivity index (χ1v) is 10.9. The fraction of sp³-hybridized carbons (Fsp3) is 0.545. The lowest BCUT2D eigenvalue weighted by molar-refractivity contribution is -0.139. The molecule has 1 aromatic carbocycles. The molecule has 4 amide bonds. The molecule has 4 N–H and O–H groups in total. The molecule has 2 fully saturated rings. The van der Waals surface area contributed by atoms with Crippen LogP contribution in [0.25, 0.3) is 0 Å². The number of carbonyl (C=O) groups is 4. The highest BCUT2D eigenvalue weighted by Gasteiger charge is 2.20. The predicted molar refractivity (Wildman–Crippen MR) is 114 cm³/mol. The van der Waals surface area contributed by atoms with E-state index in [4.69, 9.17) is 9.47 Å². The normalized spacial score (nSPS) is 19.9. The van der Waals surface area contributed by atoms with Crippen LogP contribution >= 0.6 is 0 Å². The Balaban J connectivity index is 1.36. The van der Waals surface area contributed by atoms with Gasteiger partial charge in [-0.15, -0.1) is 0 Å². The van der Waals surface area contributed by atoms with Crippen molar-refractivity contribution in [2.75, 3.05) is 26.3 Å². The molecule has 0 radical (unpaired) electrons. The number of benzene rings is 1. The van der Waals surface area contributed by atoms with Crippen molar-refractivity contribution in [3.05, 3.63) is 35.4 Å². The summed E-state index contributed by atoms with van der Waals surface area (Å²) < 4.78 is 10.8. The van der Waals surface area contributed by atoms with E-state index < -0.39 is 23.6 Å². The average Bonchev–Trinajstić information content (AvgIpc) is 3.52. The van der Waals surface area contributed by atoms with Crippen LogP contribution in [-0.4, -0.2) is 62.1 Å². The van der Waals surface area contributed by atoms with E-state index in [1.807, 2.05) is 0 Å². The summed E-state index contributed by atoms with van der Waals surface area (Å²) in [7, 11) is 0. The molecule has 0 bridgehead atoms. The van der Waals surface area contributed by atoms with Crippen LogP contribution in [0.15, 0.2) is 24.3 Å². The number of nitrogens with one attached hydrogen (secondary N) is 4. The molecule has 0 aromatic heterocycles. The quantitative estimate of drug-likeness (QED) is 0.398. The van der Waals surface area contributed by atoms with Crippen LogP contribution in [0.5, 0.6) is 0 Å². The van der Waals surface area contributed by atoms with Gasteiger partial charge in [0, 0.05) is 39.4 Å². The molecule has 0 saturated carbocycles. The standard InChI is InChI=1S/C22H30N4O6/c27-19(21(29)25-13-17-6-2-8-31-17)23-11-15-4-1-5-16(10-15)12-24-20(28)22(30)26-14-18-7-3-9-32-18/h1,4-5,10,17-18H,2-3,6-9,11-14H2,(H,23,27)(H,24,28)(H,25,29)(H,26,30)/t17-,18-/m1/s1. The molecule has 0 aliphatic carbocycles. The zero-order valence-electron chi connectivity index (χ0n) is 18.0. The third-order valence-electron chi connectivity index (χ3n) is 5.34. The van der Waals surface area contributed by atoms with Crippen molar-refractivity contribution in [1.29, 1.82) is 0 Å². The molecule has 32 heavy (non-hydrogen) atoms. The molecular weight excluding hydrogens is 416 g/mol. The van der Waals surface area contributed by atoms with E-state index in [1.165, 1.54) is 0 Å². The van der Waals surface area contributed by atoms with E-state index in [0.29, 0.717) is 26.3 Å². The zero-order chi connectivity index (χ0) is 22.8. The number of carbonyl (C=O) groups excluding carboxylic acids is 4. The van der Waals surface area contributed by atoms with Gasteiger partial charge in [-0.1, -0.05) is 24.3 Å². The van der Waals surface area contributed by atoms with Gasteiger partial charge in [0.15, 0.2) is 0 Å². The summed E-state index contributed by atoms with van der Waals surface area (Å²) in [4.78, 5) is 47.7. The van der Waals surface area contributed by atoms with Crippen LogP contribution < -0.4 is 21.3 Å². The van der Waals surface area contributed by atoms with Crippen LogP contribution in [0.3, 0.4) is 0 Å². The van der Waals surface area contributed by atoms with Gasteiger partial charge in [-0.05, 0) is 36.8 Å². The Morgan fingerprint density at radius 2 is 1.16 bits per heavy atom. The van der Waals surface area contributed by atoms with E-state index in [9.17, 15) is 19.2 Å². The van der Waals surface area contributed by atoms with Crippen molar-refractivity contribution < 1.29 is 28.7 Å². The van der Waals surface area contributed by atoms with Crippen molar-refractivity contribution >= 4 is 23.6 Å². The van der Waals surface area contributed by atoms with Gasteiger partial charge in [-0.25, -0.2) is 0 Å². The monoisotopic (exact) mass is 446 g/mol. The largest absolute Gasteiger partial charge is 0.376 e. The Bertz CT molecular complexity index is 755. The Hall–Kier alpha value is -2.98. The number of amides is 4. The van der Waals surface area contributed by atoms with Crippen molar-refractivity contribution in [1.82, 2.24) is 21.3 Å². The fourth-order valence-electron chi connectivity index (χ4n) is 3.56. The predicted octanol–water partition coefficient (Wildman–Crippen LogP) is -0.491. The minimum Gasteiger partial charge on any atom is -0.376 e. The van der Waals surface area contributed by atoms with Crippen LogP contribution in [0.4, 0.5) is 0 Å². The highest BCUT2D eigenvalue weighted by Crippen LogP contribution is 2.11. The molecular formula is C22H30N4O6. The summed E-state index contributed by atoms with van der Waals surface area (Å²) in [5.41, 5.74) is 1.53. The van der Waals surface area contributed by atoms with Gasteiger partial charge in [-0.3, -0.25) is 19.2 Å². The lowest BCUT2D eigenvalue weighted by Crippen LogP contribution is -2.42. The molecule has 0 unspecified atom stereocenters. The highest BCUT2D eigenvalue weighted by atomic mass is 16.5. The van der Waals surface area contributed by atoms with Crippen molar-refractivity contribution in [2.24, 2.45) is 0 Å². The molecule has 2 saturated heterocycles. The van der Waals surface area contributed by atoms with E-state index in [1.54, 1.807) is 24.3 Å². The molecule has 10 heteroatoms. The van der Waals surface area contributed by atoms with Gasteiger partial charge < -0.3 is 30.7 Å². The van der Waals surface area contributed by atoms with Gasteiger partial charge in [-0.2, -0.15) is 0 Å². The second-order valence-corrected chi connectivity index (χ2v) is 7.88. The number of ether oxygens (including phenoxy) is 2. The van der Waals surface area contributed by atoms with E-state index in [0.717, 1.165) is 36.8 Å². The van der Waals surface area contributed by atoms with Crippen LogP contribution in [0.2, 0.25) is 0 Å². The molecule has 2 aliphatic rings. The third kappa shape index (κ3) is 7.61. The van der Waals surface area contributed by atoms with Crippen molar-refractivity contribution in [3.63, 3.8) is 0 Å². The Labute approximate surface area is 186 Å². The van der Waals surface area contributed by atoms with E-state index >= 15 is 0 Å². The SMILES string of the molecule is O=C(NCc1cccc(CNC(=O)C(=O)NC[C@H]2CCCO2)c1)C(=O)NC[C@H]1CCCO1. The molecule has 3 rings (SSSR count). The van der Waals surface area contributed by atoms with Crippen molar-refractivity contribution in [2.45, 2.75) is 51.0 Å². The summed E-state index contributed by atoms with van der Waals surface area (Å²) >= 11 is 0. The molecule has 174 valence electrons. The molecule has 2 heterocycles. The minimum absolute atomic E-state index is 0.0308. The number of hydrogen-bond acceptors (Lipinski definition) is 6. The van der Waals surface area contributed by atoms with Gasteiger partial charge in [0.2, 0.25) is 0 Å². The number of hydrogen-bond donors (Lipinski definition) is 4. The molecule has 2 aliphatic heterocycles. The summed E-state index contributed by atoms with van der Waals surface area (Å²) in [5.74, 6) is -2.83. The number of rotatable bonds is 8. The molecule has 10 nitrogen and oxygen atoms in total. The lowest BCUT2D eigenvalue weighted by atomic mass is 10.1. The third-order valence-corrected chi connectivity index (χ3v) is 5.34. The maximum absolute atomic E-state index is 12.0. The Kier molecular flexibility index (Phi) is 9.00. The lowest BCUT2D eigenvalue weighted by Gasteiger charge is -2.12. The summed E-state index contributed by atoms with van der Waals surface area (Å²) in [6.45, 7) is 2.34. The molecule has 2 atom stereocenters. The fourth-order valence-corrected chi connectivity index (χ4v) is 3.56. The Morgan fingerprint density at radius 3 is 1.56 bits per heavy atom. The maximum Gasteiger partial charge on any atom is 0.309 e. The first-order chi connectivity index (χ1) is 15.5. The highest BCUT2D eigenvalue weighted by molar-refractivity contribution is 6.35. The van der Waals surface area contributed by atoms with Gasteiger partial charge in [0.05, 0.1) is 12.2 Å². The Morgan fingerprint density at radius 1 is 0.719 bits per heavy atom. The topological polar surface area (TPSA) is 135 Å². The second-order valence-electron chi connectivity index (χ2n) is 7.88. The average molecular weight is 447 g/mol. The minimum atomic E-state index is -0.718. The summed E-state index contributed by atoms with van der Waals surface area (Å²) in [6.07, 6.45) is 3.62. The van der Waals surface area contributed by atoms with Crippen LogP contribution in [0, 0.1) is 0 Å². The molecule has 0 spiro atoms. The van der Waals surface area contributed by atoms with Crippen LogP contribution in [0.1, 0.15) is 36.8 Å². The second kappa shape index (κ2) is 12.2. The molecule has 1 aromatic rings. The first-order valence-electron chi connectivity index (χ1n) is 10.9. The zero-order valence-corrected chi connectivity index (χ0v) is 18.0. The van der Waals surface area contributed by atoms with E-state index in [2.05, 4.69) is 21.3 Å². The van der Waals surface area contributed by atoms with E-state index in [-0.39, 0.29) is 25.3 Å². The summed E-state index contributed by atoms with van der Waals surface area (Å²) in [6, 6.07) is 7.15. The van der Waals surface area contributed by atoms with Crippen LogP contribution in [-0.2, 0) is 41.7 Å². The van der Waals surface area contributed by atoms with Gasteiger partial charge >= 0.3 is 23.6 Å². The first kappa shape index (κ1) is 23.7.